The fourth-order valence-electron chi connectivity index (χ4n) is 7.79. The molecular formula is C29H37N3O2. The summed E-state index contributed by atoms with van der Waals surface area (Å²) >= 11 is 0. The van der Waals surface area contributed by atoms with Crippen LogP contribution in [0.3, 0.4) is 0 Å². The molecule has 4 fully saturated rings. The molecule has 180 valence electrons. The molecular weight excluding hydrogens is 422 g/mol. The third-order valence-corrected chi connectivity index (χ3v) is 9.25. The minimum Gasteiger partial charge on any atom is -0.497 e. The number of hydrogen-bond acceptors (Lipinski definition) is 4. The summed E-state index contributed by atoms with van der Waals surface area (Å²) in [5.41, 5.74) is 5.79. The average Bonchev–Trinajstić information content (AvgIpc) is 2.82. The van der Waals surface area contributed by atoms with Crippen LogP contribution in [0, 0.1) is 29.1 Å². The standard InChI is InChI=1S/C29H37N3O2/c1-4-17(2)28(33)32-27-25(16-29-13-18-9-19(14-29)11-20(10-18)15-29)30-26-23-7-6-22(34-3)12-21(23)5-8-24(26)31-27/h6-7,12,17-20H,4-5,8-11,13-16H2,1-3H3,(H,31,32,33). The summed E-state index contributed by atoms with van der Waals surface area (Å²) in [5.74, 6) is 4.32. The molecule has 1 heterocycles. The summed E-state index contributed by atoms with van der Waals surface area (Å²) in [6.07, 6.45) is 11.8. The van der Waals surface area contributed by atoms with Crippen molar-refractivity contribution in [3.63, 3.8) is 0 Å². The van der Waals surface area contributed by atoms with Crippen molar-refractivity contribution in [3.05, 3.63) is 35.2 Å². The van der Waals surface area contributed by atoms with Gasteiger partial charge in [0.1, 0.15) is 5.75 Å². The Balaban J connectivity index is 1.40. The lowest BCUT2D eigenvalue weighted by molar-refractivity contribution is -0.119. The predicted molar refractivity (Wildman–Crippen MR) is 134 cm³/mol. The van der Waals surface area contributed by atoms with Gasteiger partial charge in [0, 0.05) is 11.5 Å². The van der Waals surface area contributed by atoms with Crippen LogP contribution in [0.5, 0.6) is 5.75 Å². The highest BCUT2D eigenvalue weighted by Gasteiger charge is 2.51. The Morgan fingerprint density at radius 3 is 2.47 bits per heavy atom. The monoisotopic (exact) mass is 459 g/mol. The maximum atomic E-state index is 12.9. The van der Waals surface area contributed by atoms with Gasteiger partial charge in [0.15, 0.2) is 5.82 Å². The van der Waals surface area contributed by atoms with Crippen molar-refractivity contribution in [2.45, 2.75) is 78.1 Å². The molecule has 5 nitrogen and oxygen atoms in total. The Hall–Kier alpha value is -2.43. The molecule has 0 spiro atoms. The van der Waals surface area contributed by atoms with Crippen molar-refractivity contribution in [1.29, 1.82) is 0 Å². The van der Waals surface area contributed by atoms with Gasteiger partial charge in [0.25, 0.3) is 0 Å². The molecule has 5 aliphatic carbocycles. The van der Waals surface area contributed by atoms with E-state index in [9.17, 15) is 4.79 Å². The molecule has 0 saturated heterocycles. The number of aromatic nitrogens is 2. The molecule has 1 amide bonds. The molecule has 0 radical (unpaired) electrons. The van der Waals surface area contributed by atoms with E-state index >= 15 is 0 Å². The zero-order valence-electron chi connectivity index (χ0n) is 20.8. The third kappa shape index (κ3) is 3.81. The lowest BCUT2D eigenvalue weighted by Gasteiger charge is -2.57. The van der Waals surface area contributed by atoms with Crippen LogP contribution in [-0.2, 0) is 24.1 Å². The van der Waals surface area contributed by atoms with E-state index in [2.05, 4.69) is 24.4 Å². The van der Waals surface area contributed by atoms with Crippen LogP contribution < -0.4 is 10.1 Å². The van der Waals surface area contributed by atoms with Gasteiger partial charge in [-0.25, -0.2) is 9.97 Å². The summed E-state index contributed by atoms with van der Waals surface area (Å²) in [6.45, 7) is 4.05. The van der Waals surface area contributed by atoms with E-state index in [0.717, 1.165) is 72.1 Å². The van der Waals surface area contributed by atoms with Gasteiger partial charge in [-0.1, -0.05) is 13.8 Å². The zero-order chi connectivity index (χ0) is 23.4. The van der Waals surface area contributed by atoms with Gasteiger partial charge in [-0.3, -0.25) is 4.79 Å². The number of carbonyl (C=O) groups excluding carboxylic acids is 1. The average molecular weight is 460 g/mol. The number of nitrogens with one attached hydrogen (secondary N) is 1. The fourth-order valence-corrected chi connectivity index (χ4v) is 7.79. The lowest BCUT2D eigenvalue weighted by Crippen LogP contribution is -2.47. The number of aryl methyl sites for hydroxylation is 2. The van der Waals surface area contributed by atoms with Crippen LogP contribution in [-0.4, -0.2) is 23.0 Å². The molecule has 1 unspecified atom stereocenters. The van der Waals surface area contributed by atoms with Crippen LogP contribution >= 0.6 is 0 Å². The number of methoxy groups -OCH3 is 1. The Kier molecular flexibility index (Phi) is 5.42. The molecule has 7 rings (SSSR count). The van der Waals surface area contributed by atoms with Gasteiger partial charge in [-0.05, 0) is 111 Å². The molecule has 5 heteroatoms. The number of amides is 1. The summed E-state index contributed by atoms with van der Waals surface area (Å²) in [6, 6.07) is 6.29. The Morgan fingerprint density at radius 1 is 1.12 bits per heavy atom. The molecule has 2 aromatic rings. The normalized spacial score (nSPS) is 29.3. The van der Waals surface area contributed by atoms with Gasteiger partial charge >= 0.3 is 0 Å². The van der Waals surface area contributed by atoms with Crippen LogP contribution in [0.4, 0.5) is 5.82 Å². The molecule has 1 aromatic heterocycles. The maximum Gasteiger partial charge on any atom is 0.228 e. The summed E-state index contributed by atoms with van der Waals surface area (Å²) in [4.78, 5) is 23.3. The highest BCUT2D eigenvalue weighted by Crippen LogP contribution is 2.61. The number of fused-ring (bicyclic) bond motifs is 3. The molecule has 4 bridgehead atoms. The number of carbonyl (C=O) groups is 1. The number of nitrogens with zero attached hydrogens (tertiary/aromatic N) is 2. The predicted octanol–water partition coefficient (Wildman–Crippen LogP) is 5.99. The van der Waals surface area contributed by atoms with Crippen molar-refractivity contribution in [2.75, 3.05) is 12.4 Å². The number of ether oxygens (including phenoxy) is 1. The largest absolute Gasteiger partial charge is 0.497 e. The Bertz CT molecular complexity index is 1090. The molecule has 1 N–H and O–H groups in total. The van der Waals surface area contributed by atoms with E-state index in [1.165, 1.54) is 49.7 Å². The van der Waals surface area contributed by atoms with Crippen LogP contribution in [0.15, 0.2) is 18.2 Å². The summed E-state index contributed by atoms with van der Waals surface area (Å²) in [5, 5.41) is 3.20. The second-order valence-corrected chi connectivity index (χ2v) is 11.7. The summed E-state index contributed by atoms with van der Waals surface area (Å²) in [7, 11) is 1.72. The fraction of sp³-hybridized carbons (Fsp3) is 0.621. The first kappa shape index (κ1) is 22.1. The molecule has 4 saturated carbocycles. The van der Waals surface area contributed by atoms with Crippen molar-refractivity contribution in [2.24, 2.45) is 29.1 Å². The molecule has 1 aromatic carbocycles. The first-order valence-electron chi connectivity index (χ1n) is 13.3. The van der Waals surface area contributed by atoms with Gasteiger partial charge < -0.3 is 10.1 Å². The van der Waals surface area contributed by atoms with Gasteiger partial charge in [-0.15, -0.1) is 0 Å². The number of rotatable bonds is 6. The first-order chi connectivity index (χ1) is 16.4. The maximum absolute atomic E-state index is 12.9. The van der Waals surface area contributed by atoms with Crippen LogP contribution in [0.25, 0.3) is 11.3 Å². The van der Waals surface area contributed by atoms with Crippen molar-refractivity contribution in [1.82, 2.24) is 9.97 Å². The number of hydrogen-bond donors (Lipinski definition) is 1. The number of anilines is 1. The Morgan fingerprint density at radius 2 is 1.82 bits per heavy atom. The molecule has 34 heavy (non-hydrogen) atoms. The van der Waals surface area contributed by atoms with E-state index in [1.54, 1.807) is 7.11 Å². The molecule has 1 atom stereocenters. The molecule has 5 aliphatic rings. The van der Waals surface area contributed by atoms with E-state index in [1.807, 2.05) is 13.0 Å². The zero-order valence-corrected chi connectivity index (χ0v) is 20.8. The van der Waals surface area contributed by atoms with Crippen molar-refractivity contribution >= 4 is 11.7 Å². The van der Waals surface area contributed by atoms with Crippen molar-refractivity contribution in [3.8, 4) is 17.0 Å². The van der Waals surface area contributed by atoms with Gasteiger partial charge in [-0.2, -0.15) is 0 Å². The number of benzene rings is 1. The SMILES string of the molecule is CCC(C)C(=O)Nc1nc2c(nc1CC13CC4CC(CC(C4)C1)C3)-c1ccc(OC)cc1CC2. The van der Waals surface area contributed by atoms with E-state index < -0.39 is 0 Å². The van der Waals surface area contributed by atoms with Gasteiger partial charge in [0.2, 0.25) is 5.91 Å². The van der Waals surface area contributed by atoms with E-state index in [0.29, 0.717) is 5.41 Å². The minimum atomic E-state index is -0.0292. The van der Waals surface area contributed by atoms with Crippen molar-refractivity contribution < 1.29 is 9.53 Å². The van der Waals surface area contributed by atoms with Crippen LogP contribution in [0.2, 0.25) is 0 Å². The minimum absolute atomic E-state index is 0.0292. The Labute approximate surface area is 203 Å². The quantitative estimate of drug-likeness (QED) is 0.576. The first-order valence-corrected chi connectivity index (χ1v) is 13.3. The lowest BCUT2D eigenvalue weighted by atomic mass is 9.48. The smallest absolute Gasteiger partial charge is 0.228 e. The third-order valence-electron chi connectivity index (χ3n) is 9.25. The topological polar surface area (TPSA) is 64.1 Å². The van der Waals surface area contributed by atoms with E-state index in [-0.39, 0.29) is 11.8 Å². The van der Waals surface area contributed by atoms with Crippen LogP contribution in [0.1, 0.15) is 75.7 Å². The highest BCUT2D eigenvalue weighted by molar-refractivity contribution is 5.92. The summed E-state index contributed by atoms with van der Waals surface area (Å²) < 4.78 is 5.46. The second-order valence-electron chi connectivity index (χ2n) is 11.7. The van der Waals surface area contributed by atoms with E-state index in [4.69, 9.17) is 14.7 Å². The highest BCUT2D eigenvalue weighted by atomic mass is 16.5. The second kappa shape index (κ2) is 8.35. The molecule has 0 aliphatic heterocycles. The van der Waals surface area contributed by atoms with Gasteiger partial charge in [0.05, 0.1) is 24.2 Å².